The number of aliphatic hydroxyl groups excluding tert-OH is 1. The first-order valence-electron chi connectivity index (χ1n) is 20.3. The number of aryl methyl sites for hydroxylation is 1. The molecule has 2 aliphatic carbocycles. The molecule has 6 rings (SSSR count). The van der Waals surface area contributed by atoms with Crippen molar-refractivity contribution in [3.63, 3.8) is 0 Å². The van der Waals surface area contributed by atoms with Gasteiger partial charge in [-0.2, -0.15) is 0 Å². The van der Waals surface area contributed by atoms with Gasteiger partial charge in [-0.25, -0.2) is 9.59 Å². The topological polar surface area (TPSA) is 171 Å². The third-order valence-corrected chi connectivity index (χ3v) is 11.0. The number of esters is 1. The summed E-state index contributed by atoms with van der Waals surface area (Å²) in [4.78, 5) is 54.3. The summed E-state index contributed by atoms with van der Waals surface area (Å²) in [5.41, 5.74) is 5.55. The van der Waals surface area contributed by atoms with Crippen molar-refractivity contribution in [3.05, 3.63) is 89.1 Å². The minimum absolute atomic E-state index is 0.0406. The van der Waals surface area contributed by atoms with Gasteiger partial charge in [0.1, 0.15) is 17.5 Å². The lowest BCUT2D eigenvalue weighted by Crippen LogP contribution is -2.50. The second-order valence-electron chi connectivity index (χ2n) is 16.6. The van der Waals surface area contributed by atoms with Crippen LogP contribution in [-0.4, -0.2) is 71.0 Å². The Bertz CT molecular complexity index is 2040. The Morgan fingerprint density at radius 3 is 2.30 bits per heavy atom. The number of fused-ring (bicyclic) bond motifs is 1. The van der Waals surface area contributed by atoms with E-state index in [4.69, 9.17) is 9.47 Å². The highest BCUT2D eigenvalue weighted by Crippen LogP contribution is 2.31. The Balaban J connectivity index is 1.13. The van der Waals surface area contributed by atoms with Crippen molar-refractivity contribution in [3.8, 4) is 11.1 Å². The lowest BCUT2D eigenvalue weighted by Gasteiger charge is -2.33. The van der Waals surface area contributed by atoms with Crippen LogP contribution in [0, 0.1) is 18.8 Å². The zero-order valence-corrected chi connectivity index (χ0v) is 33.7. The Morgan fingerprint density at radius 1 is 0.912 bits per heavy atom. The molecule has 6 N–H and O–H groups in total. The molecule has 4 aromatic rings. The van der Waals surface area contributed by atoms with Gasteiger partial charge in [-0.3, -0.25) is 14.9 Å². The largest absolute Gasteiger partial charge is 0.461 e. The molecule has 304 valence electrons. The number of nitrogens with one attached hydrogen (secondary N) is 5. The number of carbonyl (C=O) groups excluding carboxylic acids is 4. The van der Waals surface area contributed by atoms with Crippen LogP contribution in [0.2, 0.25) is 0 Å². The summed E-state index contributed by atoms with van der Waals surface area (Å²) in [6.07, 6.45) is 5.31. The highest BCUT2D eigenvalue weighted by atomic mass is 16.6. The van der Waals surface area contributed by atoms with Crippen LogP contribution in [0.4, 0.5) is 10.5 Å². The smallest absolute Gasteiger partial charge is 0.407 e. The fourth-order valence-electron chi connectivity index (χ4n) is 7.58. The lowest BCUT2D eigenvalue weighted by molar-refractivity contribution is -0.119. The third kappa shape index (κ3) is 11.2. The molecule has 0 bridgehead atoms. The minimum Gasteiger partial charge on any atom is -0.461 e. The molecule has 3 aromatic carbocycles. The van der Waals surface area contributed by atoms with Crippen LogP contribution >= 0.6 is 0 Å². The van der Waals surface area contributed by atoms with Gasteiger partial charge >= 0.3 is 12.1 Å². The number of benzene rings is 3. The van der Waals surface area contributed by atoms with E-state index in [9.17, 15) is 24.3 Å². The number of carbonyl (C=O) groups is 4. The predicted octanol–water partition coefficient (Wildman–Crippen LogP) is 7.39. The Kier molecular flexibility index (Phi) is 13.4. The molecule has 12 heteroatoms. The molecule has 0 aliphatic heterocycles. The van der Waals surface area contributed by atoms with Crippen molar-refractivity contribution >= 4 is 40.5 Å². The Morgan fingerprint density at radius 2 is 1.65 bits per heavy atom. The molecule has 12 nitrogen and oxygen atoms in total. The molecule has 1 aromatic heterocycles. The maximum Gasteiger partial charge on any atom is 0.407 e. The fraction of sp³-hybridized carbons (Fsp3) is 0.467. The number of anilines is 1. The second kappa shape index (κ2) is 18.4. The van der Waals surface area contributed by atoms with Crippen LogP contribution in [0.3, 0.4) is 0 Å². The maximum absolute atomic E-state index is 14.0. The summed E-state index contributed by atoms with van der Waals surface area (Å²) in [6, 6.07) is 20.4. The van der Waals surface area contributed by atoms with E-state index in [2.05, 4.69) is 26.3 Å². The van der Waals surface area contributed by atoms with Crippen LogP contribution in [0.5, 0.6) is 0 Å². The number of alkyl carbamates (subject to hydrolysis) is 1. The molecule has 0 radical (unpaired) electrons. The normalized spacial score (nSPS) is 18.2. The number of hydrogen-bond acceptors (Lipinski definition) is 8. The molecule has 0 saturated heterocycles. The van der Waals surface area contributed by atoms with Gasteiger partial charge < -0.3 is 35.5 Å². The summed E-state index contributed by atoms with van der Waals surface area (Å²) in [6.45, 7) is 10.0. The molecule has 2 fully saturated rings. The fourth-order valence-corrected chi connectivity index (χ4v) is 7.58. The Hall–Kier alpha value is -5.20. The average molecular weight is 780 g/mol. The molecule has 2 unspecified atom stereocenters. The SMILES string of the molecule is CCOC(=O)c1cc2ccc(NC(=O)C(Cc3ccc(-c4ccc(C(=O)NC5CCC5)cc4C)cc3)NC(O)C3CCC(CNC(=O)OC(C)(C)C)CC3)cc2[nH]1. The van der Waals surface area contributed by atoms with Crippen LogP contribution in [0.25, 0.3) is 22.0 Å². The molecular formula is C45H57N5O7. The van der Waals surface area contributed by atoms with Gasteiger partial charge in [0.25, 0.3) is 5.91 Å². The summed E-state index contributed by atoms with van der Waals surface area (Å²) >= 11 is 0. The number of amides is 3. The van der Waals surface area contributed by atoms with E-state index in [1.54, 1.807) is 25.1 Å². The zero-order chi connectivity index (χ0) is 40.7. The van der Waals surface area contributed by atoms with Crippen LogP contribution in [0.15, 0.2) is 66.7 Å². The number of aromatic nitrogens is 1. The molecule has 0 spiro atoms. The number of ether oxygens (including phenoxy) is 2. The summed E-state index contributed by atoms with van der Waals surface area (Å²) in [5.74, 6) is -0.595. The zero-order valence-electron chi connectivity index (χ0n) is 33.7. The van der Waals surface area contributed by atoms with Crippen molar-refractivity contribution in [2.75, 3.05) is 18.5 Å². The quantitative estimate of drug-likeness (QED) is 0.0569. The number of aromatic amines is 1. The Labute approximate surface area is 334 Å². The van der Waals surface area contributed by atoms with Gasteiger partial charge in [0.15, 0.2) is 0 Å². The van der Waals surface area contributed by atoms with Crippen LogP contribution in [0.1, 0.15) is 105 Å². The van der Waals surface area contributed by atoms with Crippen molar-refractivity contribution < 1.29 is 33.8 Å². The lowest BCUT2D eigenvalue weighted by atomic mass is 9.81. The van der Waals surface area contributed by atoms with Gasteiger partial charge in [-0.15, -0.1) is 0 Å². The van der Waals surface area contributed by atoms with Crippen LogP contribution in [-0.2, 0) is 20.7 Å². The van der Waals surface area contributed by atoms with Crippen LogP contribution < -0.4 is 21.3 Å². The number of aliphatic hydroxyl groups is 1. The summed E-state index contributed by atoms with van der Waals surface area (Å²) in [7, 11) is 0. The first-order valence-corrected chi connectivity index (χ1v) is 20.3. The van der Waals surface area contributed by atoms with E-state index in [0.717, 1.165) is 72.6 Å². The first kappa shape index (κ1) is 41.4. The molecule has 2 aliphatic rings. The average Bonchev–Trinajstić information content (AvgIpc) is 3.59. The van der Waals surface area contributed by atoms with Crippen molar-refractivity contribution in [2.24, 2.45) is 11.8 Å². The maximum atomic E-state index is 14.0. The van der Waals surface area contributed by atoms with E-state index in [1.165, 1.54) is 0 Å². The third-order valence-electron chi connectivity index (χ3n) is 11.0. The van der Waals surface area contributed by atoms with Crippen molar-refractivity contribution in [1.82, 2.24) is 20.9 Å². The molecule has 57 heavy (non-hydrogen) atoms. The van der Waals surface area contributed by atoms with Gasteiger partial charge in [0.2, 0.25) is 5.91 Å². The minimum atomic E-state index is -0.930. The van der Waals surface area contributed by atoms with Gasteiger partial charge in [-0.05, 0) is 150 Å². The molecular weight excluding hydrogens is 723 g/mol. The standard InChI is InChI=1S/C45H57N5O7/c1-6-56-43(54)39-24-32-18-20-35(25-37(32)49-39)48-42(53)38(50-40(51)31-16-12-29(13-17-31)26-46-44(55)57-45(3,4)5)23-28-10-14-30(15-11-28)36-21-19-33(22-27(36)2)41(52)47-34-8-7-9-34/h10-11,14-15,18-22,24-25,29,31,34,38,40,49-51H,6-9,12-13,16-17,23,26H2,1-5H3,(H,46,55)(H,47,52)(H,48,53). The highest BCUT2D eigenvalue weighted by molar-refractivity contribution is 5.99. The van der Waals surface area contributed by atoms with E-state index in [0.29, 0.717) is 35.4 Å². The van der Waals surface area contributed by atoms with E-state index in [1.807, 2.05) is 76.2 Å². The summed E-state index contributed by atoms with van der Waals surface area (Å²) < 4.78 is 10.5. The summed E-state index contributed by atoms with van der Waals surface area (Å²) in [5, 5.41) is 24.6. The van der Waals surface area contributed by atoms with Gasteiger partial charge in [0, 0.05) is 34.7 Å². The van der Waals surface area contributed by atoms with Crippen molar-refractivity contribution in [2.45, 2.75) is 110 Å². The predicted molar refractivity (Wildman–Crippen MR) is 221 cm³/mol. The van der Waals surface area contributed by atoms with Gasteiger partial charge in [0.05, 0.1) is 12.6 Å². The van der Waals surface area contributed by atoms with Gasteiger partial charge in [-0.1, -0.05) is 36.4 Å². The highest BCUT2D eigenvalue weighted by Gasteiger charge is 2.31. The monoisotopic (exact) mass is 779 g/mol. The second-order valence-corrected chi connectivity index (χ2v) is 16.6. The van der Waals surface area contributed by atoms with Crippen molar-refractivity contribution in [1.29, 1.82) is 0 Å². The number of H-pyrrole nitrogens is 1. The van der Waals surface area contributed by atoms with E-state index >= 15 is 0 Å². The molecule has 1 heterocycles. The molecule has 2 saturated carbocycles. The molecule has 3 amide bonds. The first-order chi connectivity index (χ1) is 27.2. The molecule has 2 atom stereocenters. The van der Waals surface area contributed by atoms with E-state index in [-0.39, 0.29) is 36.3 Å². The van der Waals surface area contributed by atoms with E-state index < -0.39 is 29.9 Å². The number of hydrogen-bond donors (Lipinski definition) is 6. The number of rotatable bonds is 14.